The number of fused-ring (bicyclic) bond motifs is 1. The normalized spacial score (nSPS) is 12.5. The zero-order valence-corrected chi connectivity index (χ0v) is 17.8. The van der Waals surface area contributed by atoms with Gasteiger partial charge in [0.25, 0.3) is 5.56 Å². The van der Waals surface area contributed by atoms with E-state index < -0.39 is 6.10 Å². The van der Waals surface area contributed by atoms with Crippen molar-refractivity contribution < 1.29 is 15.3 Å². The average Bonchev–Trinajstić information content (AvgIpc) is 3.19. The van der Waals surface area contributed by atoms with Crippen LogP contribution in [0.5, 0.6) is 5.75 Å². The van der Waals surface area contributed by atoms with Gasteiger partial charge in [-0.3, -0.25) is 13.9 Å². The van der Waals surface area contributed by atoms with Gasteiger partial charge in [0.1, 0.15) is 11.3 Å². The Kier molecular flexibility index (Phi) is 7.19. The molecule has 0 fully saturated rings. The van der Waals surface area contributed by atoms with Crippen molar-refractivity contribution in [2.24, 2.45) is 14.1 Å². The number of β-amino-alcohol motifs (C(OH)–C–C–N with tert-alkyl or cyclic N) is 1. The molecule has 0 bridgehead atoms. The lowest BCUT2D eigenvalue weighted by Gasteiger charge is -2.23. The third-order valence-corrected chi connectivity index (χ3v) is 4.51. The lowest BCUT2D eigenvalue weighted by atomic mass is 10.0. The monoisotopic (exact) mass is 419 g/mol. The molecule has 10 nitrogen and oxygen atoms in total. The summed E-state index contributed by atoms with van der Waals surface area (Å²) in [4.78, 5) is 29.4. The average molecular weight is 419 g/mol. The number of nitrogens with one attached hydrogen (secondary N) is 2. The molecule has 10 heteroatoms. The van der Waals surface area contributed by atoms with Crippen LogP contribution in [0, 0.1) is 0 Å². The second-order valence-electron chi connectivity index (χ2n) is 8.00. The summed E-state index contributed by atoms with van der Waals surface area (Å²) in [5.74, 6) is 0.0484. The van der Waals surface area contributed by atoms with Gasteiger partial charge in [0.05, 0.1) is 19.0 Å². The summed E-state index contributed by atoms with van der Waals surface area (Å²) in [6, 6.07) is 4.76. The summed E-state index contributed by atoms with van der Waals surface area (Å²) in [5, 5.41) is 31.6. The van der Waals surface area contributed by atoms with Crippen LogP contribution in [0.4, 0.5) is 0 Å². The number of phenols is 1. The Hall–Kier alpha value is -2.95. The van der Waals surface area contributed by atoms with E-state index in [0.717, 1.165) is 4.57 Å². The van der Waals surface area contributed by atoms with Crippen molar-refractivity contribution in [2.75, 3.05) is 6.54 Å². The first-order valence-corrected chi connectivity index (χ1v) is 9.41. The molecule has 0 amide bonds. The number of aromatic hydroxyl groups is 1. The fourth-order valence-electron chi connectivity index (χ4n) is 2.73. The summed E-state index contributed by atoms with van der Waals surface area (Å²) < 4.78 is 2.37. The molecule has 3 rings (SSSR count). The molecule has 1 atom stereocenters. The molecule has 164 valence electrons. The zero-order valence-electron chi connectivity index (χ0n) is 17.8. The van der Waals surface area contributed by atoms with Gasteiger partial charge in [-0.15, -0.1) is 0 Å². The Balaban J connectivity index is 0.000000220. The molecule has 0 aliphatic heterocycles. The van der Waals surface area contributed by atoms with Gasteiger partial charge in [-0.1, -0.05) is 6.07 Å². The van der Waals surface area contributed by atoms with Gasteiger partial charge in [0.2, 0.25) is 0 Å². The number of nitrogens with zero attached hydrogens (tertiary/aromatic N) is 3. The van der Waals surface area contributed by atoms with E-state index >= 15 is 0 Å². The molecule has 3 aromatic rings. The number of rotatable bonds is 4. The Morgan fingerprint density at radius 3 is 2.47 bits per heavy atom. The van der Waals surface area contributed by atoms with Crippen LogP contribution >= 0.6 is 0 Å². The van der Waals surface area contributed by atoms with Gasteiger partial charge in [0, 0.05) is 31.7 Å². The summed E-state index contributed by atoms with van der Waals surface area (Å²) in [6.07, 6.45) is 0.742. The molecule has 1 aromatic carbocycles. The number of aromatic amines is 1. The minimum atomic E-state index is -0.653. The van der Waals surface area contributed by atoms with Crippen molar-refractivity contribution in [2.45, 2.75) is 39.0 Å². The maximum Gasteiger partial charge on any atom is 0.332 e. The Morgan fingerprint density at radius 2 is 1.87 bits per heavy atom. The second kappa shape index (κ2) is 9.24. The minimum absolute atomic E-state index is 0.0484. The van der Waals surface area contributed by atoms with Crippen molar-refractivity contribution in [1.29, 1.82) is 0 Å². The summed E-state index contributed by atoms with van der Waals surface area (Å²) in [7, 11) is 3.01. The maximum absolute atomic E-state index is 11.4. The SMILES string of the molecule is CC(C)(C)NCC(O)c1ccc(O)c(CO)c1.Cn1c(=O)c2[nH]cnc2n(C)c1=O. The summed E-state index contributed by atoms with van der Waals surface area (Å²) in [5.41, 5.74) is 1.07. The largest absolute Gasteiger partial charge is 0.508 e. The van der Waals surface area contributed by atoms with Gasteiger partial charge < -0.3 is 25.6 Å². The van der Waals surface area contributed by atoms with Crippen LogP contribution in [0.1, 0.15) is 38.0 Å². The molecule has 30 heavy (non-hydrogen) atoms. The van der Waals surface area contributed by atoms with Crippen molar-refractivity contribution >= 4 is 11.2 Å². The summed E-state index contributed by atoms with van der Waals surface area (Å²) in [6.45, 7) is 6.26. The number of aryl methyl sites for hydroxylation is 1. The number of hydrogen-bond donors (Lipinski definition) is 5. The number of hydrogen-bond acceptors (Lipinski definition) is 7. The van der Waals surface area contributed by atoms with Gasteiger partial charge in [-0.25, -0.2) is 9.78 Å². The Labute approximate surface area is 173 Å². The molecule has 1 unspecified atom stereocenters. The Morgan fingerprint density at radius 1 is 1.20 bits per heavy atom. The highest BCUT2D eigenvalue weighted by molar-refractivity contribution is 5.68. The molecule has 2 aromatic heterocycles. The number of aliphatic hydroxyl groups is 2. The first-order chi connectivity index (χ1) is 14.0. The molecular weight excluding hydrogens is 390 g/mol. The van der Waals surface area contributed by atoms with Gasteiger partial charge >= 0.3 is 5.69 Å². The minimum Gasteiger partial charge on any atom is -0.508 e. The van der Waals surface area contributed by atoms with E-state index in [1.165, 1.54) is 24.0 Å². The number of aliphatic hydroxyl groups excluding tert-OH is 2. The topological polar surface area (TPSA) is 145 Å². The highest BCUT2D eigenvalue weighted by Gasteiger charge is 2.14. The summed E-state index contributed by atoms with van der Waals surface area (Å²) >= 11 is 0. The van der Waals surface area contributed by atoms with Crippen LogP contribution < -0.4 is 16.6 Å². The fourth-order valence-corrected chi connectivity index (χ4v) is 2.73. The van der Waals surface area contributed by atoms with Crippen molar-refractivity contribution in [3.8, 4) is 5.75 Å². The predicted octanol–water partition coefficient (Wildman–Crippen LogP) is 0.266. The number of imidazole rings is 1. The van der Waals surface area contributed by atoms with Crippen LogP contribution in [0.2, 0.25) is 0 Å². The Bertz CT molecular complexity index is 1120. The predicted molar refractivity (Wildman–Crippen MR) is 113 cm³/mol. The highest BCUT2D eigenvalue weighted by atomic mass is 16.3. The molecule has 0 aliphatic carbocycles. The number of H-pyrrole nitrogens is 1. The van der Waals surface area contributed by atoms with E-state index in [0.29, 0.717) is 28.8 Å². The quantitative estimate of drug-likeness (QED) is 0.408. The lowest BCUT2D eigenvalue weighted by molar-refractivity contribution is 0.163. The van der Waals surface area contributed by atoms with E-state index in [1.54, 1.807) is 19.2 Å². The second-order valence-corrected chi connectivity index (χ2v) is 8.00. The molecule has 5 N–H and O–H groups in total. The third kappa shape index (κ3) is 5.35. The molecule has 0 saturated heterocycles. The van der Waals surface area contributed by atoms with Gasteiger partial charge in [-0.05, 0) is 38.5 Å². The van der Waals surface area contributed by atoms with Crippen molar-refractivity contribution in [3.63, 3.8) is 0 Å². The van der Waals surface area contributed by atoms with Crippen molar-refractivity contribution in [3.05, 3.63) is 56.5 Å². The van der Waals surface area contributed by atoms with Crippen LogP contribution in [0.25, 0.3) is 11.2 Å². The molecule has 0 saturated carbocycles. The van der Waals surface area contributed by atoms with E-state index in [-0.39, 0.29) is 29.1 Å². The fraction of sp³-hybridized carbons (Fsp3) is 0.450. The molecule has 0 spiro atoms. The third-order valence-electron chi connectivity index (χ3n) is 4.51. The van der Waals surface area contributed by atoms with Gasteiger partial charge in [0.15, 0.2) is 5.65 Å². The molecule has 2 heterocycles. The zero-order chi connectivity index (χ0) is 22.6. The van der Waals surface area contributed by atoms with E-state index in [4.69, 9.17) is 5.11 Å². The molecule has 0 radical (unpaired) electrons. The van der Waals surface area contributed by atoms with Crippen LogP contribution in [0.15, 0.2) is 34.1 Å². The number of benzene rings is 1. The van der Waals surface area contributed by atoms with Crippen LogP contribution in [-0.2, 0) is 20.7 Å². The lowest BCUT2D eigenvalue weighted by Crippen LogP contribution is -2.38. The van der Waals surface area contributed by atoms with E-state index in [2.05, 4.69) is 15.3 Å². The van der Waals surface area contributed by atoms with E-state index in [9.17, 15) is 19.8 Å². The van der Waals surface area contributed by atoms with Crippen LogP contribution in [0.3, 0.4) is 0 Å². The highest BCUT2D eigenvalue weighted by Crippen LogP contribution is 2.22. The van der Waals surface area contributed by atoms with Gasteiger partial charge in [-0.2, -0.15) is 0 Å². The van der Waals surface area contributed by atoms with Crippen LogP contribution in [-0.4, -0.2) is 46.5 Å². The molecular formula is C20H29N5O5. The molecule has 0 aliphatic rings. The van der Waals surface area contributed by atoms with E-state index in [1.807, 2.05) is 20.8 Å². The van der Waals surface area contributed by atoms with Crippen molar-refractivity contribution in [1.82, 2.24) is 24.4 Å². The maximum atomic E-state index is 11.4. The number of aromatic nitrogens is 4. The first-order valence-electron chi connectivity index (χ1n) is 9.41. The smallest absolute Gasteiger partial charge is 0.332 e. The first kappa shape index (κ1) is 23.3. The standard InChI is InChI=1S/C13H21NO3.C7H8N4O2/c1-13(2,3)14-7-12(17)9-4-5-11(16)10(6-9)8-15;1-10-5-4(8-3-9-5)6(12)11(2)7(10)13/h4-6,12,14-17H,7-8H2,1-3H3;3H,1-2H3,(H,8,9).